The molecular weight excluding hydrogens is 394 g/mol. The summed E-state index contributed by atoms with van der Waals surface area (Å²) in [6, 6.07) is 7.62. The van der Waals surface area contributed by atoms with Gasteiger partial charge in [-0.1, -0.05) is 30.0 Å². The van der Waals surface area contributed by atoms with Crippen molar-refractivity contribution in [2.75, 3.05) is 18.2 Å². The first-order valence-corrected chi connectivity index (χ1v) is 10.4. The molecule has 2 aromatic heterocycles. The third-order valence-electron chi connectivity index (χ3n) is 3.98. The second-order valence-corrected chi connectivity index (χ2v) is 8.05. The molecular formula is C19H21N5O2S2. The zero-order valence-corrected chi connectivity index (χ0v) is 17.6. The number of aromatic nitrogens is 4. The van der Waals surface area contributed by atoms with Crippen LogP contribution in [0.4, 0.5) is 5.13 Å². The smallest absolute Gasteiger partial charge is 0.236 e. The van der Waals surface area contributed by atoms with Gasteiger partial charge in [-0.15, -0.1) is 28.1 Å². The van der Waals surface area contributed by atoms with Crippen molar-refractivity contribution in [3.63, 3.8) is 0 Å². The van der Waals surface area contributed by atoms with Crippen molar-refractivity contribution in [3.8, 4) is 17.1 Å². The largest absolute Gasteiger partial charge is 0.496 e. The Bertz CT molecular complexity index is 977. The lowest BCUT2D eigenvalue weighted by molar-refractivity contribution is -0.113. The molecule has 0 aliphatic carbocycles. The molecule has 0 atom stereocenters. The van der Waals surface area contributed by atoms with E-state index in [9.17, 15) is 4.79 Å². The molecule has 7 nitrogen and oxygen atoms in total. The summed E-state index contributed by atoms with van der Waals surface area (Å²) < 4.78 is 7.35. The number of para-hydroxylation sites is 1. The van der Waals surface area contributed by atoms with Gasteiger partial charge in [-0.05, 0) is 26.0 Å². The Balaban J connectivity index is 1.76. The molecule has 1 amide bonds. The minimum absolute atomic E-state index is 0.134. The number of hydrogen-bond acceptors (Lipinski definition) is 7. The van der Waals surface area contributed by atoms with Gasteiger partial charge in [0.05, 0.1) is 24.1 Å². The summed E-state index contributed by atoms with van der Waals surface area (Å²) in [5.41, 5.74) is 1.77. The molecule has 3 aromatic rings. The Labute approximate surface area is 171 Å². The maximum atomic E-state index is 12.3. The number of carbonyl (C=O) groups excluding carboxylic acids is 1. The van der Waals surface area contributed by atoms with E-state index in [-0.39, 0.29) is 11.7 Å². The van der Waals surface area contributed by atoms with E-state index in [2.05, 4.69) is 27.1 Å². The zero-order chi connectivity index (χ0) is 20.1. The van der Waals surface area contributed by atoms with E-state index < -0.39 is 0 Å². The van der Waals surface area contributed by atoms with Crippen molar-refractivity contribution < 1.29 is 9.53 Å². The number of nitrogens with one attached hydrogen (secondary N) is 1. The van der Waals surface area contributed by atoms with Crippen LogP contribution in [0, 0.1) is 13.8 Å². The van der Waals surface area contributed by atoms with E-state index in [4.69, 9.17) is 4.74 Å². The lowest BCUT2D eigenvalue weighted by Gasteiger charge is -2.10. The number of thiazole rings is 1. The van der Waals surface area contributed by atoms with Gasteiger partial charge in [-0.2, -0.15) is 0 Å². The zero-order valence-electron chi connectivity index (χ0n) is 15.9. The highest BCUT2D eigenvalue weighted by Gasteiger charge is 2.18. The van der Waals surface area contributed by atoms with Gasteiger partial charge in [0.25, 0.3) is 0 Å². The quantitative estimate of drug-likeness (QED) is 0.443. The van der Waals surface area contributed by atoms with Gasteiger partial charge in [-0.3, -0.25) is 9.36 Å². The van der Waals surface area contributed by atoms with Gasteiger partial charge in [0.2, 0.25) is 5.91 Å². The topological polar surface area (TPSA) is 81.9 Å². The lowest BCUT2D eigenvalue weighted by Crippen LogP contribution is -2.14. The van der Waals surface area contributed by atoms with Crippen LogP contribution in [0.2, 0.25) is 0 Å². The van der Waals surface area contributed by atoms with Crippen LogP contribution in [-0.4, -0.2) is 38.5 Å². The Morgan fingerprint density at radius 3 is 2.82 bits per heavy atom. The fourth-order valence-corrected chi connectivity index (χ4v) is 4.11. The van der Waals surface area contributed by atoms with E-state index in [1.807, 2.05) is 42.7 Å². The number of hydrogen-bond donors (Lipinski definition) is 1. The number of rotatable bonds is 8. The Morgan fingerprint density at radius 1 is 1.36 bits per heavy atom. The van der Waals surface area contributed by atoms with Crippen molar-refractivity contribution in [2.45, 2.75) is 25.5 Å². The van der Waals surface area contributed by atoms with Crippen LogP contribution in [0.15, 0.2) is 42.1 Å². The van der Waals surface area contributed by atoms with E-state index in [0.29, 0.717) is 28.4 Å². The Morgan fingerprint density at radius 2 is 2.14 bits per heavy atom. The van der Waals surface area contributed by atoms with Crippen LogP contribution in [0.3, 0.4) is 0 Å². The molecule has 0 bridgehead atoms. The number of carbonyl (C=O) groups is 1. The molecule has 3 rings (SSSR count). The first kappa shape index (κ1) is 20.1. The minimum atomic E-state index is -0.134. The van der Waals surface area contributed by atoms with E-state index >= 15 is 0 Å². The molecule has 0 saturated carbocycles. The molecule has 0 fully saturated rings. The number of aryl methyl sites for hydroxylation is 2. The molecule has 1 N–H and O–H groups in total. The van der Waals surface area contributed by atoms with Gasteiger partial charge in [-0.25, -0.2) is 4.98 Å². The number of anilines is 1. The number of benzene rings is 1. The summed E-state index contributed by atoms with van der Waals surface area (Å²) in [4.78, 5) is 17.7. The minimum Gasteiger partial charge on any atom is -0.496 e. The van der Waals surface area contributed by atoms with E-state index in [1.54, 1.807) is 13.2 Å². The second kappa shape index (κ2) is 9.03. The van der Waals surface area contributed by atoms with Crippen LogP contribution < -0.4 is 10.1 Å². The molecule has 0 aliphatic rings. The third-order valence-corrected chi connectivity index (χ3v) is 5.94. The predicted octanol–water partition coefficient (Wildman–Crippen LogP) is 3.94. The highest BCUT2D eigenvalue weighted by atomic mass is 32.2. The van der Waals surface area contributed by atoms with Crippen molar-refractivity contribution >= 4 is 34.1 Å². The maximum Gasteiger partial charge on any atom is 0.236 e. The van der Waals surface area contributed by atoms with Crippen molar-refractivity contribution in [2.24, 2.45) is 0 Å². The molecule has 28 heavy (non-hydrogen) atoms. The summed E-state index contributed by atoms with van der Waals surface area (Å²) in [5.74, 6) is 1.46. The van der Waals surface area contributed by atoms with Gasteiger partial charge in [0.15, 0.2) is 16.1 Å². The van der Waals surface area contributed by atoms with Crippen LogP contribution in [0.25, 0.3) is 11.4 Å². The Hall–Kier alpha value is -2.65. The first-order chi connectivity index (χ1) is 13.5. The molecule has 0 aliphatic heterocycles. The van der Waals surface area contributed by atoms with E-state index in [0.717, 1.165) is 16.1 Å². The molecule has 0 radical (unpaired) electrons. The molecule has 0 unspecified atom stereocenters. The Kier molecular flexibility index (Phi) is 6.48. The van der Waals surface area contributed by atoms with Gasteiger partial charge >= 0.3 is 0 Å². The maximum absolute atomic E-state index is 12.3. The number of ether oxygens (including phenoxy) is 1. The summed E-state index contributed by atoms with van der Waals surface area (Å²) in [5, 5.41) is 12.7. The molecule has 1 aromatic carbocycles. The fraction of sp³-hybridized carbons (Fsp3) is 0.263. The van der Waals surface area contributed by atoms with E-state index in [1.165, 1.54) is 23.1 Å². The predicted molar refractivity (Wildman–Crippen MR) is 113 cm³/mol. The number of methoxy groups -OCH3 is 1. The molecule has 9 heteroatoms. The monoisotopic (exact) mass is 415 g/mol. The molecule has 2 heterocycles. The average Bonchev–Trinajstić information content (AvgIpc) is 3.23. The number of allylic oxidation sites excluding steroid dienone is 1. The second-order valence-electron chi connectivity index (χ2n) is 5.90. The van der Waals surface area contributed by atoms with Gasteiger partial charge in [0.1, 0.15) is 5.75 Å². The number of nitrogens with zero attached hydrogens (tertiary/aromatic N) is 4. The summed E-state index contributed by atoms with van der Waals surface area (Å²) in [7, 11) is 1.62. The van der Waals surface area contributed by atoms with Crippen molar-refractivity contribution in [1.82, 2.24) is 19.7 Å². The number of thioether (sulfide) groups is 1. The summed E-state index contributed by atoms with van der Waals surface area (Å²) >= 11 is 2.79. The van der Waals surface area contributed by atoms with Crippen LogP contribution in [0.5, 0.6) is 5.75 Å². The van der Waals surface area contributed by atoms with Crippen molar-refractivity contribution in [1.29, 1.82) is 0 Å². The number of amides is 1. The fourth-order valence-electron chi connectivity index (χ4n) is 2.53. The normalized spacial score (nSPS) is 10.7. The highest BCUT2D eigenvalue weighted by Crippen LogP contribution is 2.31. The average molecular weight is 416 g/mol. The standard InChI is InChI=1S/C19H21N5O2S2/c1-5-10-24-17(14-8-6-7-9-15(14)26-4)22-23-19(24)27-11-16(25)21-18-20-12(2)13(3)28-18/h5-9H,1,10-11H2,2-4H3,(H,20,21,25). The van der Waals surface area contributed by atoms with Gasteiger partial charge < -0.3 is 10.1 Å². The molecule has 0 saturated heterocycles. The van der Waals surface area contributed by atoms with Crippen molar-refractivity contribution in [3.05, 3.63) is 47.5 Å². The molecule has 146 valence electrons. The summed E-state index contributed by atoms with van der Waals surface area (Å²) in [6.07, 6.45) is 1.77. The lowest BCUT2D eigenvalue weighted by atomic mass is 10.2. The third kappa shape index (κ3) is 4.42. The highest BCUT2D eigenvalue weighted by molar-refractivity contribution is 7.99. The van der Waals surface area contributed by atoms with Crippen LogP contribution in [-0.2, 0) is 11.3 Å². The summed E-state index contributed by atoms with van der Waals surface area (Å²) in [6.45, 7) is 8.24. The van der Waals surface area contributed by atoms with Crippen LogP contribution in [0.1, 0.15) is 10.6 Å². The van der Waals surface area contributed by atoms with Crippen LogP contribution >= 0.6 is 23.1 Å². The SMILES string of the molecule is C=CCn1c(SCC(=O)Nc2nc(C)c(C)s2)nnc1-c1ccccc1OC. The first-order valence-electron chi connectivity index (χ1n) is 8.57. The van der Waals surface area contributed by atoms with Gasteiger partial charge in [0, 0.05) is 11.4 Å². The molecule has 0 spiro atoms.